The zero-order chi connectivity index (χ0) is 18.4. The molecule has 0 unspecified atom stereocenters. The molecule has 1 heterocycles. The number of halogens is 1. The molecule has 0 saturated carbocycles. The van der Waals surface area contributed by atoms with Crippen LogP contribution in [0.5, 0.6) is 5.75 Å². The summed E-state index contributed by atoms with van der Waals surface area (Å²) < 4.78 is 24.3. The minimum Gasteiger partial charge on any atom is -0.496 e. The van der Waals surface area contributed by atoms with E-state index in [0.717, 1.165) is 36.1 Å². The van der Waals surface area contributed by atoms with Crippen molar-refractivity contribution in [2.75, 3.05) is 13.7 Å². The van der Waals surface area contributed by atoms with Crippen LogP contribution in [0.4, 0.5) is 4.39 Å². The normalized spacial score (nSPS) is 16.9. The fourth-order valence-corrected chi connectivity index (χ4v) is 3.20. The minimum absolute atomic E-state index is 0.0278. The van der Waals surface area contributed by atoms with Gasteiger partial charge < -0.3 is 14.4 Å². The number of rotatable bonds is 6. The van der Waals surface area contributed by atoms with Gasteiger partial charge in [-0.05, 0) is 43.0 Å². The molecule has 2 aromatic carbocycles. The van der Waals surface area contributed by atoms with E-state index in [1.807, 2.05) is 24.3 Å². The average Bonchev–Trinajstić information content (AvgIpc) is 2.69. The number of nitrogens with zero attached hydrogens (tertiary/aromatic N) is 1. The molecule has 0 aliphatic carbocycles. The van der Waals surface area contributed by atoms with Crippen LogP contribution in [0.15, 0.2) is 48.5 Å². The third-order valence-electron chi connectivity index (χ3n) is 4.61. The maximum atomic E-state index is 13.2. The van der Waals surface area contributed by atoms with E-state index < -0.39 is 6.10 Å². The zero-order valence-electron chi connectivity index (χ0n) is 15.0. The van der Waals surface area contributed by atoms with Crippen molar-refractivity contribution in [3.05, 3.63) is 65.5 Å². The van der Waals surface area contributed by atoms with Crippen LogP contribution >= 0.6 is 0 Å². The zero-order valence-corrected chi connectivity index (χ0v) is 15.0. The van der Waals surface area contributed by atoms with Crippen molar-refractivity contribution in [2.45, 2.75) is 38.5 Å². The summed E-state index contributed by atoms with van der Waals surface area (Å²) in [5.41, 5.74) is 1.81. The van der Waals surface area contributed by atoms with Crippen LogP contribution in [-0.2, 0) is 22.6 Å². The number of methoxy groups -OCH3 is 1. The highest BCUT2D eigenvalue weighted by Crippen LogP contribution is 2.23. The van der Waals surface area contributed by atoms with Crippen molar-refractivity contribution in [2.24, 2.45) is 0 Å². The molecule has 0 spiro atoms. The van der Waals surface area contributed by atoms with Crippen molar-refractivity contribution in [1.82, 2.24) is 4.90 Å². The lowest BCUT2D eigenvalue weighted by atomic mass is 10.1. The highest BCUT2D eigenvalue weighted by atomic mass is 19.1. The predicted molar refractivity (Wildman–Crippen MR) is 97.2 cm³/mol. The Morgan fingerprint density at radius 3 is 2.62 bits per heavy atom. The van der Waals surface area contributed by atoms with Gasteiger partial charge >= 0.3 is 0 Å². The average molecular weight is 357 g/mol. The van der Waals surface area contributed by atoms with Gasteiger partial charge in [0.1, 0.15) is 17.7 Å². The van der Waals surface area contributed by atoms with Crippen LogP contribution in [0.3, 0.4) is 0 Å². The van der Waals surface area contributed by atoms with Crippen LogP contribution in [0.25, 0.3) is 0 Å². The smallest absolute Gasteiger partial charge is 0.252 e. The molecular formula is C21H24FNO3. The number of benzene rings is 2. The fourth-order valence-electron chi connectivity index (χ4n) is 3.20. The van der Waals surface area contributed by atoms with Gasteiger partial charge in [0.15, 0.2) is 0 Å². The monoisotopic (exact) mass is 357 g/mol. The Kier molecular flexibility index (Phi) is 6.23. The van der Waals surface area contributed by atoms with Gasteiger partial charge in [-0.1, -0.05) is 30.3 Å². The lowest BCUT2D eigenvalue weighted by Gasteiger charge is -2.30. The Hall–Kier alpha value is -2.40. The van der Waals surface area contributed by atoms with Gasteiger partial charge in [-0.15, -0.1) is 0 Å². The number of amides is 1. The number of hydrogen-bond acceptors (Lipinski definition) is 3. The number of ether oxygens (including phenoxy) is 2. The molecule has 0 radical (unpaired) electrons. The van der Waals surface area contributed by atoms with E-state index in [2.05, 4.69) is 0 Å². The van der Waals surface area contributed by atoms with E-state index in [1.165, 1.54) is 12.1 Å². The summed E-state index contributed by atoms with van der Waals surface area (Å²) in [7, 11) is 1.62. The molecule has 1 amide bonds. The number of para-hydroxylation sites is 1. The lowest BCUT2D eigenvalue weighted by molar-refractivity contribution is -0.147. The maximum absolute atomic E-state index is 13.2. The Morgan fingerprint density at radius 1 is 1.15 bits per heavy atom. The lowest BCUT2D eigenvalue weighted by Crippen LogP contribution is -2.41. The number of carbonyl (C=O) groups excluding carboxylic acids is 1. The fraction of sp³-hybridized carbons (Fsp3) is 0.381. The van der Waals surface area contributed by atoms with Gasteiger partial charge in [0.2, 0.25) is 0 Å². The second-order valence-electron chi connectivity index (χ2n) is 6.49. The number of carbonyl (C=O) groups is 1. The summed E-state index contributed by atoms with van der Waals surface area (Å²) in [5, 5.41) is 0. The summed E-state index contributed by atoms with van der Waals surface area (Å²) >= 11 is 0. The van der Waals surface area contributed by atoms with Crippen LogP contribution in [0, 0.1) is 5.82 Å². The molecule has 1 saturated heterocycles. The van der Waals surface area contributed by atoms with E-state index in [9.17, 15) is 9.18 Å². The quantitative estimate of drug-likeness (QED) is 0.786. The van der Waals surface area contributed by atoms with Gasteiger partial charge in [-0.25, -0.2) is 4.39 Å². The van der Waals surface area contributed by atoms with Crippen LogP contribution in [0.2, 0.25) is 0 Å². The van der Waals surface area contributed by atoms with Crippen molar-refractivity contribution in [3.63, 3.8) is 0 Å². The maximum Gasteiger partial charge on any atom is 0.252 e. The van der Waals surface area contributed by atoms with E-state index in [-0.39, 0.29) is 11.7 Å². The standard InChI is InChI=1S/C21H24FNO3/c1-25-19-7-3-2-6-17(19)15-23(14-16-9-11-18(22)12-10-16)21(24)20-8-4-5-13-26-20/h2-3,6-7,9-12,20H,4-5,8,13-15H2,1H3/t20-/m0/s1. The third kappa shape index (κ3) is 4.61. The largest absolute Gasteiger partial charge is 0.496 e. The first-order chi connectivity index (χ1) is 12.7. The van der Waals surface area contributed by atoms with Gasteiger partial charge in [0, 0.05) is 25.3 Å². The first-order valence-corrected chi connectivity index (χ1v) is 8.94. The van der Waals surface area contributed by atoms with Gasteiger partial charge in [0.25, 0.3) is 5.91 Å². The summed E-state index contributed by atoms with van der Waals surface area (Å²) in [5.74, 6) is 0.431. The highest BCUT2D eigenvalue weighted by molar-refractivity contribution is 5.81. The van der Waals surface area contributed by atoms with E-state index in [1.54, 1.807) is 24.1 Å². The molecule has 4 nitrogen and oxygen atoms in total. The SMILES string of the molecule is COc1ccccc1CN(Cc1ccc(F)cc1)C(=O)[C@@H]1CCCCO1. The van der Waals surface area contributed by atoms with E-state index in [4.69, 9.17) is 9.47 Å². The van der Waals surface area contributed by atoms with Crippen molar-refractivity contribution >= 4 is 5.91 Å². The van der Waals surface area contributed by atoms with Crippen LogP contribution in [-0.4, -0.2) is 30.6 Å². The molecule has 0 N–H and O–H groups in total. The second kappa shape index (κ2) is 8.81. The molecule has 3 rings (SSSR count). The molecular weight excluding hydrogens is 333 g/mol. The highest BCUT2D eigenvalue weighted by Gasteiger charge is 2.27. The molecule has 5 heteroatoms. The van der Waals surface area contributed by atoms with Gasteiger partial charge in [-0.2, -0.15) is 0 Å². The molecule has 1 aliphatic heterocycles. The summed E-state index contributed by atoms with van der Waals surface area (Å²) in [6.45, 7) is 1.44. The summed E-state index contributed by atoms with van der Waals surface area (Å²) in [4.78, 5) is 14.8. The Labute approximate surface area is 153 Å². The van der Waals surface area contributed by atoms with Crippen molar-refractivity contribution in [3.8, 4) is 5.75 Å². The predicted octanol–water partition coefficient (Wildman–Crippen LogP) is 3.93. The first kappa shape index (κ1) is 18.4. The van der Waals surface area contributed by atoms with Crippen LogP contribution < -0.4 is 4.74 Å². The molecule has 0 bridgehead atoms. The van der Waals surface area contributed by atoms with Crippen molar-refractivity contribution in [1.29, 1.82) is 0 Å². The topological polar surface area (TPSA) is 38.8 Å². The Bertz CT molecular complexity index is 726. The van der Waals surface area contributed by atoms with Crippen LogP contribution in [0.1, 0.15) is 30.4 Å². The second-order valence-corrected chi connectivity index (χ2v) is 6.49. The molecule has 26 heavy (non-hydrogen) atoms. The molecule has 1 fully saturated rings. The van der Waals surface area contributed by atoms with Gasteiger partial charge in [-0.3, -0.25) is 4.79 Å². The van der Waals surface area contributed by atoms with E-state index in [0.29, 0.717) is 19.7 Å². The molecule has 1 atom stereocenters. The van der Waals surface area contributed by atoms with Crippen molar-refractivity contribution < 1.29 is 18.7 Å². The molecule has 0 aromatic heterocycles. The minimum atomic E-state index is -0.404. The summed E-state index contributed by atoms with van der Waals surface area (Å²) in [6.07, 6.45) is 2.33. The molecule has 2 aromatic rings. The summed E-state index contributed by atoms with van der Waals surface area (Å²) in [6, 6.07) is 13.9. The Morgan fingerprint density at radius 2 is 1.92 bits per heavy atom. The molecule has 138 valence electrons. The Balaban J connectivity index is 1.82. The number of hydrogen-bond donors (Lipinski definition) is 0. The first-order valence-electron chi connectivity index (χ1n) is 8.94. The van der Waals surface area contributed by atoms with E-state index >= 15 is 0 Å². The molecule has 1 aliphatic rings. The van der Waals surface area contributed by atoms with Gasteiger partial charge in [0.05, 0.1) is 7.11 Å². The third-order valence-corrected chi connectivity index (χ3v) is 4.61.